The highest BCUT2D eigenvalue weighted by molar-refractivity contribution is 5.57. The van der Waals surface area contributed by atoms with Crippen LogP contribution in [0.15, 0.2) is 0 Å². The highest BCUT2D eigenvalue weighted by Gasteiger charge is 2.31. The predicted molar refractivity (Wildman–Crippen MR) is 85.4 cm³/mol. The highest BCUT2D eigenvalue weighted by atomic mass is 15.1. The molecule has 0 aromatic carbocycles. The molecule has 0 saturated heterocycles. The van der Waals surface area contributed by atoms with Crippen LogP contribution in [0.1, 0.15) is 58.3 Å². The van der Waals surface area contributed by atoms with E-state index in [0.717, 1.165) is 36.0 Å². The van der Waals surface area contributed by atoms with Crippen LogP contribution in [0.3, 0.4) is 0 Å². The lowest BCUT2D eigenvalue weighted by Crippen LogP contribution is -2.20. The minimum absolute atomic E-state index is 0.455. The quantitative estimate of drug-likeness (QED) is 0.859. The standard InChI is InChI=1S/C16H28N4/c1-6-13-19-14(17-7-2)11(3)15(20-13)18-12-8-9-16(4,5)10-12/h12H,6-10H2,1-5H3,(H2,17,18,19,20). The highest BCUT2D eigenvalue weighted by Crippen LogP contribution is 2.38. The van der Waals surface area contributed by atoms with Gasteiger partial charge >= 0.3 is 0 Å². The Kier molecular flexibility index (Phi) is 4.51. The molecule has 1 heterocycles. The molecule has 2 N–H and O–H groups in total. The molecule has 0 amide bonds. The lowest BCUT2D eigenvalue weighted by Gasteiger charge is -2.20. The predicted octanol–water partition coefficient (Wildman–Crippen LogP) is 3.77. The van der Waals surface area contributed by atoms with E-state index < -0.39 is 0 Å². The Morgan fingerprint density at radius 2 is 1.90 bits per heavy atom. The third kappa shape index (κ3) is 3.41. The van der Waals surface area contributed by atoms with Crippen molar-refractivity contribution in [3.8, 4) is 0 Å². The van der Waals surface area contributed by atoms with Crippen LogP contribution in [-0.4, -0.2) is 22.6 Å². The molecule has 112 valence electrons. The van der Waals surface area contributed by atoms with Gasteiger partial charge < -0.3 is 10.6 Å². The molecule has 1 aliphatic rings. The Labute approximate surface area is 122 Å². The molecule has 20 heavy (non-hydrogen) atoms. The van der Waals surface area contributed by atoms with E-state index in [9.17, 15) is 0 Å². The van der Waals surface area contributed by atoms with Gasteiger partial charge in [0.2, 0.25) is 0 Å². The van der Waals surface area contributed by atoms with E-state index in [1.54, 1.807) is 0 Å². The van der Waals surface area contributed by atoms with E-state index in [0.29, 0.717) is 11.5 Å². The number of aryl methyl sites for hydroxylation is 1. The second-order valence-electron chi connectivity index (χ2n) is 6.59. The Morgan fingerprint density at radius 3 is 2.45 bits per heavy atom. The minimum atomic E-state index is 0.455. The van der Waals surface area contributed by atoms with Crippen molar-refractivity contribution in [3.63, 3.8) is 0 Å². The van der Waals surface area contributed by atoms with Crippen molar-refractivity contribution in [1.82, 2.24) is 9.97 Å². The van der Waals surface area contributed by atoms with Crippen molar-refractivity contribution in [2.75, 3.05) is 17.2 Å². The molecule has 1 aromatic heterocycles. The second kappa shape index (κ2) is 5.98. The number of nitrogens with zero attached hydrogens (tertiary/aromatic N) is 2. The Morgan fingerprint density at radius 1 is 1.20 bits per heavy atom. The summed E-state index contributed by atoms with van der Waals surface area (Å²) < 4.78 is 0. The zero-order valence-corrected chi connectivity index (χ0v) is 13.5. The fourth-order valence-corrected chi connectivity index (χ4v) is 2.95. The first kappa shape index (κ1) is 15.1. The molecule has 1 aromatic rings. The molecule has 2 rings (SSSR count). The molecule has 4 heteroatoms. The Hall–Kier alpha value is -1.32. The molecular weight excluding hydrogens is 248 g/mol. The van der Waals surface area contributed by atoms with Gasteiger partial charge in [-0.3, -0.25) is 0 Å². The summed E-state index contributed by atoms with van der Waals surface area (Å²) in [6.45, 7) is 11.9. The number of rotatable bonds is 5. The van der Waals surface area contributed by atoms with E-state index in [-0.39, 0.29) is 0 Å². The van der Waals surface area contributed by atoms with Crippen LogP contribution in [0.2, 0.25) is 0 Å². The molecular formula is C16H28N4. The number of aromatic nitrogens is 2. The third-order valence-electron chi connectivity index (χ3n) is 4.16. The topological polar surface area (TPSA) is 49.8 Å². The van der Waals surface area contributed by atoms with Gasteiger partial charge in [-0.2, -0.15) is 0 Å². The largest absolute Gasteiger partial charge is 0.370 e. The first-order valence-electron chi connectivity index (χ1n) is 7.83. The lowest BCUT2D eigenvalue weighted by molar-refractivity contribution is 0.378. The Bertz CT molecular complexity index is 468. The SMILES string of the molecule is CCNc1nc(CC)nc(NC2CCC(C)(C)C2)c1C. The first-order valence-corrected chi connectivity index (χ1v) is 7.83. The van der Waals surface area contributed by atoms with Crippen molar-refractivity contribution < 1.29 is 0 Å². The van der Waals surface area contributed by atoms with Crippen LogP contribution in [0.4, 0.5) is 11.6 Å². The molecule has 4 nitrogen and oxygen atoms in total. The van der Waals surface area contributed by atoms with Crippen LogP contribution in [0, 0.1) is 12.3 Å². The second-order valence-corrected chi connectivity index (χ2v) is 6.59. The summed E-state index contributed by atoms with van der Waals surface area (Å²) in [6, 6.07) is 0.540. The molecule has 0 radical (unpaired) electrons. The normalized spacial score (nSPS) is 20.9. The van der Waals surface area contributed by atoms with Gasteiger partial charge in [0.1, 0.15) is 17.5 Å². The monoisotopic (exact) mass is 276 g/mol. The summed E-state index contributed by atoms with van der Waals surface area (Å²) in [6.07, 6.45) is 4.60. The van der Waals surface area contributed by atoms with E-state index in [2.05, 4.69) is 55.2 Å². The summed E-state index contributed by atoms with van der Waals surface area (Å²) in [5, 5.41) is 6.99. The van der Waals surface area contributed by atoms with Gasteiger partial charge in [0.25, 0.3) is 0 Å². The average molecular weight is 276 g/mol. The first-order chi connectivity index (χ1) is 9.45. The van der Waals surface area contributed by atoms with E-state index in [4.69, 9.17) is 0 Å². The van der Waals surface area contributed by atoms with Crippen molar-refractivity contribution in [2.45, 2.75) is 66.3 Å². The molecule has 1 saturated carbocycles. The number of hydrogen-bond donors (Lipinski definition) is 2. The van der Waals surface area contributed by atoms with E-state index >= 15 is 0 Å². The van der Waals surface area contributed by atoms with Crippen molar-refractivity contribution in [2.24, 2.45) is 5.41 Å². The maximum absolute atomic E-state index is 4.68. The fraction of sp³-hybridized carbons (Fsp3) is 0.750. The summed E-state index contributed by atoms with van der Waals surface area (Å²) >= 11 is 0. The minimum Gasteiger partial charge on any atom is -0.370 e. The lowest BCUT2D eigenvalue weighted by atomic mass is 9.92. The molecule has 0 spiro atoms. The van der Waals surface area contributed by atoms with Crippen LogP contribution < -0.4 is 10.6 Å². The van der Waals surface area contributed by atoms with Crippen molar-refractivity contribution in [3.05, 3.63) is 11.4 Å². The smallest absolute Gasteiger partial charge is 0.134 e. The van der Waals surface area contributed by atoms with Crippen molar-refractivity contribution in [1.29, 1.82) is 0 Å². The molecule has 1 aliphatic carbocycles. The number of anilines is 2. The van der Waals surface area contributed by atoms with Crippen LogP contribution in [-0.2, 0) is 6.42 Å². The molecule has 0 bridgehead atoms. The van der Waals surface area contributed by atoms with Gasteiger partial charge in [-0.05, 0) is 38.5 Å². The van der Waals surface area contributed by atoms with Crippen molar-refractivity contribution >= 4 is 11.6 Å². The van der Waals surface area contributed by atoms with Crippen LogP contribution in [0.25, 0.3) is 0 Å². The van der Waals surface area contributed by atoms with Gasteiger partial charge in [0, 0.05) is 24.6 Å². The zero-order valence-electron chi connectivity index (χ0n) is 13.5. The zero-order chi connectivity index (χ0) is 14.8. The van der Waals surface area contributed by atoms with Gasteiger partial charge in [0.15, 0.2) is 0 Å². The molecule has 1 atom stereocenters. The van der Waals surface area contributed by atoms with E-state index in [1.807, 2.05) is 0 Å². The summed E-state index contributed by atoms with van der Waals surface area (Å²) in [5.41, 5.74) is 1.59. The Balaban J connectivity index is 2.20. The van der Waals surface area contributed by atoms with Gasteiger partial charge in [0.05, 0.1) is 0 Å². The molecule has 0 aliphatic heterocycles. The van der Waals surface area contributed by atoms with Gasteiger partial charge in [-0.25, -0.2) is 9.97 Å². The molecule has 1 fully saturated rings. The maximum atomic E-state index is 4.68. The van der Waals surface area contributed by atoms with Gasteiger partial charge in [-0.15, -0.1) is 0 Å². The van der Waals surface area contributed by atoms with Crippen LogP contribution >= 0.6 is 0 Å². The summed E-state index contributed by atoms with van der Waals surface area (Å²) in [7, 11) is 0. The maximum Gasteiger partial charge on any atom is 0.134 e. The number of nitrogens with one attached hydrogen (secondary N) is 2. The third-order valence-corrected chi connectivity index (χ3v) is 4.16. The average Bonchev–Trinajstić information content (AvgIpc) is 2.73. The summed E-state index contributed by atoms with van der Waals surface area (Å²) in [5.74, 6) is 2.89. The van der Waals surface area contributed by atoms with Crippen LogP contribution in [0.5, 0.6) is 0 Å². The molecule has 1 unspecified atom stereocenters. The summed E-state index contributed by atoms with van der Waals surface area (Å²) in [4.78, 5) is 9.26. The van der Waals surface area contributed by atoms with E-state index in [1.165, 1.54) is 19.3 Å². The number of hydrogen-bond acceptors (Lipinski definition) is 4. The fourth-order valence-electron chi connectivity index (χ4n) is 2.95. The van der Waals surface area contributed by atoms with Gasteiger partial charge in [-0.1, -0.05) is 20.8 Å².